The van der Waals surface area contributed by atoms with E-state index < -0.39 is 0 Å². The normalized spacial score (nSPS) is 15.2. The summed E-state index contributed by atoms with van der Waals surface area (Å²) in [5.41, 5.74) is 3.63. The molecule has 0 saturated heterocycles. The first-order valence-corrected chi connectivity index (χ1v) is 6.87. The second-order valence-corrected chi connectivity index (χ2v) is 5.37. The van der Waals surface area contributed by atoms with Crippen molar-refractivity contribution in [1.82, 2.24) is 4.90 Å². The molecule has 0 fully saturated rings. The van der Waals surface area contributed by atoms with Crippen molar-refractivity contribution in [2.24, 2.45) is 0 Å². The lowest BCUT2D eigenvalue weighted by molar-refractivity contribution is 0.242. The number of halogens is 1. The van der Waals surface area contributed by atoms with Gasteiger partial charge < -0.3 is 5.11 Å². The fourth-order valence-electron chi connectivity index (χ4n) is 2.62. The molecule has 0 spiro atoms. The molecule has 1 heterocycles. The maximum absolute atomic E-state index is 9.91. The van der Waals surface area contributed by atoms with Gasteiger partial charge in [0.25, 0.3) is 0 Å². The van der Waals surface area contributed by atoms with Crippen LogP contribution in [0.2, 0.25) is 5.02 Å². The third-order valence-corrected chi connectivity index (χ3v) is 4.04. The van der Waals surface area contributed by atoms with E-state index in [4.69, 9.17) is 11.6 Å². The minimum atomic E-state index is 0.284. The van der Waals surface area contributed by atoms with Crippen molar-refractivity contribution in [1.29, 1.82) is 0 Å². The number of hydrogen-bond acceptors (Lipinski definition) is 2. The van der Waals surface area contributed by atoms with E-state index in [9.17, 15) is 5.11 Å². The van der Waals surface area contributed by atoms with Crippen LogP contribution in [0.15, 0.2) is 42.5 Å². The number of rotatable bonds is 2. The standard InChI is InChI=1S/C16H16ClNO/c17-15-6-3-7-16(19)14(15)11-18-9-8-12-4-1-2-5-13(12)10-18/h1-7,19H,8-11H2. The highest BCUT2D eigenvalue weighted by atomic mass is 35.5. The summed E-state index contributed by atoms with van der Waals surface area (Å²) in [6, 6.07) is 13.8. The zero-order valence-corrected chi connectivity index (χ0v) is 11.4. The molecule has 19 heavy (non-hydrogen) atoms. The molecule has 0 radical (unpaired) electrons. The molecule has 0 atom stereocenters. The summed E-state index contributed by atoms with van der Waals surface area (Å²) < 4.78 is 0. The predicted octanol–water partition coefficient (Wildman–Crippen LogP) is 3.60. The minimum Gasteiger partial charge on any atom is -0.508 e. The van der Waals surface area contributed by atoms with Gasteiger partial charge in [-0.1, -0.05) is 41.9 Å². The summed E-state index contributed by atoms with van der Waals surface area (Å²) in [7, 11) is 0. The van der Waals surface area contributed by atoms with Crippen LogP contribution in [0.1, 0.15) is 16.7 Å². The van der Waals surface area contributed by atoms with Gasteiger partial charge in [0.2, 0.25) is 0 Å². The molecule has 98 valence electrons. The Kier molecular flexibility index (Phi) is 3.45. The second-order valence-electron chi connectivity index (χ2n) is 4.97. The number of fused-ring (bicyclic) bond motifs is 1. The van der Waals surface area contributed by atoms with Gasteiger partial charge in [-0.05, 0) is 29.7 Å². The van der Waals surface area contributed by atoms with Crippen LogP contribution < -0.4 is 0 Å². The molecule has 1 N–H and O–H groups in total. The summed E-state index contributed by atoms with van der Waals surface area (Å²) in [4.78, 5) is 2.32. The van der Waals surface area contributed by atoms with Crippen LogP contribution in [-0.4, -0.2) is 16.6 Å². The average molecular weight is 274 g/mol. The molecule has 1 aliphatic heterocycles. The maximum Gasteiger partial charge on any atom is 0.121 e. The van der Waals surface area contributed by atoms with Crippen LogP contribution in [0.25, 0.3) is 0 Å². The molecule has 3 heteroatoms. The first kappa shape index (κ1) is 12.5. The fraction of sp³-hybridized carbons (Fsp3) is 0.250. The Balaban J connectivity index is 1.79. The molecule has 2 nitrogen and oxygen atoms in total. The Morgan fingerprint density at radius 2 is 1.84 bits per heavy atom. The Labute approximate surface area is 118 Å². The molecule has 0 aromatic heterocycles. The molecule has 0 unspecified atom stereocenters. The van der Waals surface area contributed by atoms with E-state index >= 15 is 0 Å². The quantitative estimate of drug-likeness (QED) is 0.904. The van der Waals surface area contributed by atoms with E-state index in [1.807, 2.05) is 6.07 Å². The van der Waals surface area contributed by atoms with Crippen LogP contribution >= 0.6 is 11.6 Å². The molecule has 3 rings (SSSR count). The number of phenolic OH excluding ortho intramolecular Hbond substituents is 1. The third-order valence-electron chi connectivity index (χ3n) is 3.69. The Morgan fingerprint density at radius 1 is 1.05 bits per heavy atom. The van der Waals surface area contributed by atoms with E-state index in [1.165, 1.54) is 11.1 Å². The lowest BCUT2D eigenvalue weighted by Crippen LogP contribution is -2.30. The van der Waals surface area contributed by atoms with Gasteiger partial charge >= 0.3 is 0 Å². The highest BCUT2D eigenvalue weighted by molar-refractivity contribution is 6.31. The number of aromatic hydroxyl groups is 1. The molecular formula is C16H16ClNO. The monoisotopic (exact) mass is 273 g/mol. The molecule has 0 saturated carbocycles. The van der Waals surface area contributed by atoms with Crippen molar-refractivity contribution in [2.45, 2.75) is 19.5 Å². The van der Waals surface area contributed by atoms with E-state index in [0.29, 0.717) is 11.6 Å². The summed E-state index contributed by atoms with van der Waals surface area (Å²) in [6.45, 7) is 2.61. The van der Waals surface area contributed by atoms with E-state index in [0.717, 1.165) is 25.1 Å². The van der Waals surface area contributed by atoms with Crippen LogP contribution in [0.5, 0.6) is 5.75 Å². The smallest absolute Gasteiger partial charge is 0.121 e. The Morgan fingerprint density at radius 3 is 2.63 bits per heavy atom. The number of benzene rings is 2. The van der Waals surface area contributed by atoms with Gasteiger partial charge in [-0.2, -0.15) is 0 Å². The Hall–Kier alpha value is -1.51. The minimum absolute atomic E-state index is 0.284. The fourth-order valence-corrected chi connectivity index (χ4v) is 2.85. The topological polar surface area (TPSA) is 23.5 Å². The van der Waals surface area contributed by atoms with Crippen molar-refractivity contribution in [3.8, 4) is 5.75 Å². The largest absolute Gasteiger partial charge is 0.508 e. The molecule has 0 bridgehead atoms. The molecule has 2 aromatic rings. The number of hydrogen-bond donors (Lipinski definition) is 1. The SMILES string of the molecule is Oc1cccc(Cl)c1CN1CCc2ccccc2C1. The number of phenols is 1. The van der Waals surface area contributed by atoms with Gasteiger partial charge in [0.05, 0.1) is 0 Å². The predicted molar refractivity (Wildman–Crippen MR) is 77.4 cm³/mol. The zero-order chi connectivity index (χ0) is 13.2. The summed E-state index contributed by atoms with van der Waals surface area (Å²) in [5, 5.41) is 10.5. The lowest BCUT2D eigenvalue weighted by atomic mass is 9.99. The van der Waals surface area contributed by atoms with Gasteiger partial charge in [0, 0.05) is 30.2 Å². The summed E-state index contributed by atoms with van der Waals surface area (Å²) >= 11 is 6.16. The number of nitrogens with zero attached hydrogens (tertiary/aromatic N) is 1. The van der Waals surface area contributed by atoms with E-state index in [1.54, 1.807) is 12.1 Å². The van der Waals surface area contributed by atoms with Crippen LogP contribution in [-0.2, 0) is 19.5 Å². The van der Waals surface area contributed by atoms with E-state index in [2.05, 4.69) is 29.2 Å². The van der Waals surface area contributed by atoms with Crippen molar-refractivity contribution < 1.29 is 5.11 Å². The Bertz CT molecular complexity index is 577. The van der Waals surface area contributed by atoms with Crippen LogP contribution in [0.4, 0.5) is 0 Å². The molecular weight excluding hydrogens is 258 g/mol. The van der Waals surface area contributed by atoms with Crippen molar-refractivity contribution in [3.05, 3.63) is 64.2 Å². The molecule has 2 aromatic carbocycles. The van der Waals surface area contributed by atoms with Gasteiger partial charge in [0.15, 0.2) is 0 Å². The summed E-state index contributed by atoms with van der Waals surface area (Å²) in [5.74, 6) is 0.284. The highest BCUT2D eigenvalue weighted by Gasteiger charge is 2.18. The van der Waals surface area contributed by atoms with Gasteiger partial charge in [-0.25, -0.2) is 0 Å². The maximum atomic E-state index is 9.91. The van der Waals surface area contributed by atoms with Crippen LogP contribution in [0.3, 0.4) is 0 Å². The molecule has 1 aliphatic rings. The molecule has 0 aliphatic carbocycles. The second kappa shape index (κ2) is 5.24. The van der Waals surface area contributed by atoms with Gasteiger partial charge in [-0.3, -0.25) is 4.90 Å². The van der Waals surface area contributed by atoms with Gasteiger partial charge in [0.1, 0.15) is 5.75 Å². The van der Waals surface area contributed by atoms with Crippen molar-refractivity contribution in [3.63, 3.8) is 0 Å². The zero-order valence-electron chi connectivity index (χ0n) is 10.6. The molecule has 0 amide bonds. The van der Waals surface area contributed by atoms with Crippen LogP contribution in [0, 0.1) is 0 Å². The third kappa shape index (κ3) is 2.60. The lowest BCUT2D eigenvalue weighted by Gasteiger charge is -2.29. The van der Waals surface area contributed by atoms with Crippen molar-refractivity contribution in [2.75, 3.05) is 6.54 Å². The van der Waals surface area contributed by atoms with E-state index in [-0.39, 0.29) is 5.75 Å². The first-order valence-electron chi connectivity index (χ1n) is 6.49. The first-order chi connectivity index (χ1) is 9.24. The average Bonchev–Trinajstić information content (AvgIpc) is 2.43. The van der Waals surface area contributed by atoms with Crippen molar-refractivity contribution >= 4 is 11.6 Å². The van der Waals surface area contributed by atoms with Gasteiger partial charge in [-0.15, -0.1) is 0 Å². The summed E-state index contributed by atoms with van der Waals surface area (Å²) in [6.07, 6.45) is 1.06. The highest BCUT2D eigenvalue weighted by Crippen LogP contribution is 2.28.